The maximum absolute atomic E-state index is 13.6. The van der Waals surface area contributed by atoms with Crippen molar-refractivity contribution >= 4 is 11.6 Å². The van der Waals surface area contributed by atoms with Crippen molar-refractivity contribution in [2.75, 3.05) is 12.0 Å². The Kier molecular flexibility index (Phi) is 5.41. The van der Waals surface area contributed by atoms with Gasteiger partial charge in [0.1, 0.15) is 5.69 Å². The molecule has 1 rings (SSSR count). The van der Waals surface area contributed by atoms with Crippen LogP contribution in [0.1, 0.15) is 30.6 Å². The standard InChI is InChI=1S/C13H16F2N4O/c1-8(2)19(5-3-4-16)13(20)9-6-10(14)12(18-17)11(15)7-9/h6-8,18H,3,5,17H2,1-2H3. The lowest BCUT2D eigenvalue weighted by Gasteiger charge is -2.26. The van der Waals surface area contributed by atoms with Crippen LogP contribution in [0.5, 0.6) is 0 Å². The van der Waals surface area contributed by atoms with Gasteiger partial charge in [0.25, 0.3) is 5.91 Å². The van der Waals surface area contributed by atoms with E-state index in [2.05, 4.69) is 0 Å². The first-order valence-electron chi connectivity index (χ1n) is 6.06. The Bertz CT molecular complexity index is 517. The Morgan fingerprint density at radius 3 is 2.40 bits per heavy atom. The second kappa shape index (κ2) is 6.82. The van der Waals surface area contributed by atoms with E-state index in [1.54, 1.807) is 13.8 Å². The molecule has 0 saturated heterocycles. The van der Waals surface area contributed by atoms with Gasteiger partial charge in [-0.05, 0) is 26.0 Å². The van der Waals surface area contributed by atoms with E-state index in [9.17, 15) is 13.6 Å². The number of hydrogen-bond acceptors (Lipinski definition) is 4. The summed E-state index contributed by atoms with van der Waals surface area (Å²) in [5.74, 6) is 2.57. The number of carbonyl (C=O) groups excluding carboxylic acids is 1. The third kappa shape index (κ3) is 3.42. The predicted molar refractivity (Wildman–Crippen MR) is 70.6 cm³/mol. The number of nitriles is 1. The number of amides is 1. The van der Waals surface area contributed by atoms with Crippen molar-refractivity contribution < 1.29 is 13.6 Å². The highest BCUT2D eigenvalue weighted by Crippen LogP contribution is 2.21. The van der Waals surface area contributed by atoms with Crippen LogP contribution in [0.25, 0.3) is 0 Å². The Balaban J connectivity index is 3.10. The fourth-order valence-corrected chi connectivity index (χ4v) is 1.77. The number of nitrogens with zero attached hydrogens (tertiary/aromatic N) is 2. The summed E-state index contributed by atoms with van der Waals surface area (Å²) in [4.78, 5) is 13.6. The molecule has 5 nitrogen and oxygen atoms in total. The van der Waals surface area contributed by atoms with Crippen LogP contribution in [0, 0.1) is 23.0 Å². The molecule has 0 bridgehead atoms. The monoisotopic (exact) mass is 282 g/mol. The fourth-order valence-electron chi connectivity index (χ4n) is 1.77. The maximum Gasteiger partial charge on any atom is 0.254 e. The third-order valence-corrected chi connectivity index (χ3v) is 2.78. The molecular formula is C13H16F2N4O. The number of halogens is 2. The van der Waals surface area contributed by atoms with Gasteiger partial charge in [0, 0.05) is 18.2 Å². The second-order valence-corrected chi connectivity index (χ2v) is 4.46. The fraction of sp³-hybridized carbons (Fsp3) is 0.385. The Morgan fingerprint density at radius 1 is 1.45 bits per heavy atom. The number of anilines is 1. The van der Waals surface area contributed by atoms with Gasteiger partial charge in [-0.25, -0.2) is 8.78 Å². The number of nitrogens with two attached hydrogens (primary N) is 1. The molecule has 3 N–H and O–H groups in total. The van der Waals surface area contributed by atoms with E-state index >= 15 is 0 Å². The van der Waals surface area contributed by atoms with Gasteiger partial charge in [0.15, 0.2) is 11.6 Å². The van der Waals surface area contributed by atoms with Crippen LogP contribution in [0.4, 0.5) is 14.5 Å². The number of nitrogen functional groups attached to an aromatic ring is 1. The zero-order valence-electron chi connectivity index (χ0n) is 11.3. The van der Waals surface area contributed by atoms with Gasteiger partial charge in [0.05, 0.1) is 12.5 Å². The summed E-state index contributed by atoms with van der Waals surface area (Å²) >= 11 is 0. The molecule has 1 aromatic rings. The van der Waals surface area contributed by atoms with Crippen molar-refractivity contribution in [3.05, 3.63) is 29.3 Å². The van der Waals surface area contributed by atoms with Crippen molar-refractivity contribution in [3.63, 3.8) is 0 Å². The highest BCUT2D eigenvalue weighted by Gasteiger charge is 2.21. The summed E-state index contributed by atoms with van der Waals surface area (Å²) in [6.45, 7) is 3.72. The van der Waals surface area contributed by atoms with E-state index in [0.717, 1.165) is 12.1 Å². The van der Waals surface area contributed by atoms with E-state index in [4.69, 9.17) is 11.1 Å². The van der Waals surface area contributed by atoms with E-state index < -0.39 is 23.2 Å². The minimum absolute atomic E-state index is 0.120. The molecule has 0 atom stereocenters. The molecule has 0 aliphatic heterocycles. The summed E-state index contributed by atoms with van der Waals surface area (Å²) in [5.41, 5.74) is 1.29. The zero-order chi connectivity index (χ0) is 15.3. The summed E-state index contributed by atoms with van der Waals surface area (Å²) in [7, 11) is 0. The van der Waals surface area contributed by atoms with Gasteiger partial charge < -0.3 is 10.3 Å². The minimum Gasteiger partial charge on any atom is -0.335 e. The van der Waals surface area contributed by atoms with Crippen molar-refractivity contribution in [2.24, 2.45) is 5.84 Å². The molecule has 1 amide bonds. The summed E-state index contributed by atoms with van der Waals surface area (Å²) in [5, 5.41) is 8.58. The van der Waals surface area contributed by atoms with Gasteiger partial charge in [-0.2, -0.15) is 5.26 Å². The number of carbonyl (C=O) groups is 1. The molecule has 0 radical (unpaired) electrons. The first-order chi connectivity index (χ1) is 9.42. The molecule has 0 heterocycles. The molecule has 20 heavy (non-hydrogen) atoms. The van der Waals surface area contributed by atoms with Crippen LogP contribution < -0.4 is 11.3 Å². The van der Waals surface area contributed by atoms with Crippen molar-refractivity contribution in [3.8, 4) is 6.07 Å². The van der Waals surface area contributed by atoms with Crippen LogP contribution in [-0.2, 0) is 0 Å². The smallest absolute Gasteiger partial charge is 0.254 e. The van der Waals surface area contributed by atoms with Crippen LogP contribution in [-0.4, -0.2) is 23.4 Å². The molecule has 0 unspecified atom stereocenters. The van der Waals surface area contributed by atoms with Gasteiger partial charge in [-0.3, -0.25) is 10.6 Å². The van der Waals surface area contributed by atoms with Crippen LogP contribution in [0.15, 0.2) is 12.1 Å². The van der Waals surface area contributed by atoms with Gasteiger partial charge in [-0.15, -0.1) is 0 Å². The average Bonchev–Trinajstić information content (AvgIpc) is 2.38. The topological polar surface area (TPSA) is 82.2 Å². The molecule has 0 spiro atoms. The molecule has 0 saturated carbocycles. The lowest BCUT2D eigenvalue weighted by atomic mass is 10.1. The zero-order valence-corrected chi connectivity index (χ0v) is 11.3. The normalized spacial score (nSPS) is 10.2. The third-order valence-electron chi connectivity index (χ3n) is 2.78. The molecular weight excluding hydrogens is 266 g/mol. The number of hydrogen-bond donors (Lipinski definition) is 2. The maximum atomic E-state index is 13.6. The Hall–Kier alpha value is -2.20. The van der Waals surface area contributed by atoms with Crippen LogP contribution >= 0.6 is 0 Å². The van der Waals surface area contributed by atoms with Gasteiger partial charge in [0.2, 0.25) is 0 Å². The Morgan fingerprint density at radius 2 is 2.00 bits per heavy atom. The average molecular weight is 282 g/mol. The largest absolute Gasteiger partial charge is 0.335 e. The first kappa shape index (κ1) is 15.9. The number of benzene rings is 1. The predicted octanol–water partition coefficient (Wildman–Crippen LogP) is 2.01. The van der Waals surface area contributed by atoms with Crippen molar-refractivity contribution in [1.82, 2.24) is 4.90 Å². The highest BCUT2D eigenvalue weighted by atomic mass is 19.1. The van der Waals surface area contributed by atoms with E-state index in [1.165, 1.54) is 4.90 Å². The van der Waals surface area contributed by atoms with Crippen LogP contribution in [0.2, 0.25) is 0 Å². The lowest BCUT2D eigenvalue weighted by molar-refractivity contribution is 0.0709. The molecule has 108 valence electrons. The number of hydrazine groups is 1. The van der Waals surface area contributed by atoms with Crippen molar-refractivity contribution in [2.45, 2.75) is 26.3 Å². The van der Waals surface area contributed by atoms with Gasteiger partial charge >= 0.3 is 0 Å². The number of rotatable bonds is 5. The number of nitrogens with one attached hydrogen (secondary N) is 1. The van der Waals surface area contributed by atoms with Gasteiger partial charge in [-0.1, -0.05) is 0 Å². The SMILES string of the molecule is CC(C)N(CCC#N)C(=O)c1cc(F)c(NN)c(F)c1. The van der Waals surface area contributed by atoms with Crippen LogP contribution in [0.3, 0.4) is 0 Å². The Labute approximate surface area is 115 Å². The first-order valence-corrected chi connectivity index (χ1v) is 6.06. The van der Waals surface area contributed by atoms with E-state index in [-0.39, 0.29) is 24.6 Å². The minimum atomic E-state index is -0.945. The molecule has 1 aromatic carbocycles. The lowest BCUT2D eigenvalue weighted by Crippen LogP contribution is -2.37. The van der Waals surface area contributed by atoms with Crippen molar-refractivity contribution in [1.29, 1.82) is 5.26 Å². The molecule has 0 aliphatic carbocycles. The van der Waals surface area contributed by atoms with E-state index in [0.29, 0.717) is 0 Å². The summed E-state index contributed by atoms with van der Waals surface area (Å²) in [6, 6.07) is 3.58. The summed E-state index contributed by atoms with van der Waals surface area (Å²) < 4.78 is 27.2. The molecule has 0 fully saturated rings. The molecule has 7 heteroatoms. The molecule has 0 aliphatic rings. The second-order valence-electron chi connectivity index (χ2n) is 4.46. The van der Waals surface area contributed by atoms with E-state index in [1.807, 2.05) is 11.5 Å². The quantitative estimate of drug-likeness (QED) is 0.639. The highest BCUT2D eigenvalue weighted by molar-refractivity contribution is 5.94. The summed E-state index contributed by atoms with van der Waals surface area (Å²) in [6.07, 6.45) is 0.150. The molecule has 0 aromatic heterocycles.